The van der Waals surface area contributed by atoms with Crippen LogP contribution in [0.1, 0.15) is 21.8 Å². The van der Waals surface area contributed by atoms with Gasteiger partial charge in [-0.1, -0.05) is 60.7 Å². The molecule has 88 valence electrons. The number of allylic oxidation sites excluding steroid dienone is 1. The number of rotatable bonds is 4. The lowest BCUT2D eigenvalue weighted by Gasteiger charge is -2.10. The lowest BCUT2D eigenvalue weighted by Crippen LogP contribution is -2.10. The van der Waals surface area contributed by atoms with Gasteiger partial charge >= 0.3 is 0 Å². The zero-order valence-electron chi connectivity index (χ0n) is 9.74. The van der Waals surface area contributed by atoms with E-state index in [1.54, 1.807) is 30.2 Å². The van der Waals surface area contributed by atoms with Gasteiger partial charge in [0.25, 0.3) is 0 Å². The zero-order chi connectivity index (χ0) is 12.8. The van der Waals surface area contributed by atoms with Crippen molar-refractivity contribution in [2.45, 2.75) is 5.92 Å². The van der Waals surface area contributed by atoms with Crippen LogP contribution in [0.3, 0.4) is 0 Å². The van der Waals surface area contributed by atoms with Crippen molar-refractivity contribution in [1.82, 2.24) is 0 Å². The van der Waals surface area contributed by atoms with Crippen LogP contribution in [0.2, 0.25) is 0 Å². The van der Waals surface area contributed by atoms with Crippen molar-refractivity contribution in [3.8, 4) is 0 Å². The van der Waals surface area contributed by atoms with Crippen molar-refractivity contribution in [2.24, 2.45) is 0 Å². The molecule has 0 aliphatic carbocycles. The molecule has 0 bridgehead atoms. The highest BCUT2D eigenvalue weighted by molar-refractivity contribution is 6.02. The minimum absolute atomic E-state index is 0.0925. The lowest BCUT2D eigenvalue weighted by atomic mass is 9.91. The van der Waals surface area contributed by atoms with Gasteiger partial charge in [-0.15, -0.1) is 0 Å². The monoisotopic (exact) mass is 236 g/mol. The Balaban J connectivity index is 2.38. The first kappa shape index (κ1) is 12.0. The standard InChI is InChI=1S/C16H12O2/c17-12-11-15(13-7-3-1-4-8-13)16(18)14-9-5-2-6-10-14/h1-11,15H. The minimum atomic E-state index is -0.564. The van der Waals surface area contributed by atoms with Crippen LogP contribution >= 0.6 is 0 Å². The van der Waals surface area contributed by atoms with Crippen LogP contribution in [-0.4, -0.2) is 11.7 Å². The van der Waals surface area contributed by atoms with E-state index in [-0.39, 0.29) is 5.78 Å². The Kier molecular flexibility index (Phi) is 3.85. The number of hydrogen-bond acceptors (Lipinski definition) is 2. The molecule has 0 aliphatic rings. The van der Waals surface area contributed by atoms with Crippen LogP contribution in [-0.2, 0) is 4.79 Å². The second-order valence-electron chi connectivity index (χ2n) is 3.90. The van der Waals surface area contributed by atoms with Gasteiger partial charge < -0.3 is 0 Å². The van der Waals surface area contributed by atoms with Crippen LogP contribution in [0.25, 0.3) is 0 Å². The Hall–Kier alpha value is -2.44. The smallest absolute Gasteiger partial charge is 0.174 e. The van der Waals surface area contributed by atoms with Gasteiger partial charge in [-0.05, 0) is 5.56 Å². The molecule has 2 aromatic rings. The van der Waals surface area contributed by atoms with Crippen molar-refractivity contribution >= 4 is 11.7 Å². The summed E-state index contributed by atoms with van der Waals surface area (Å²) in [6, 6.07) is 18.2. The molecule has 2 nitrogen and oxygen atoms in total. The maximum Gasteiger partial charge on any atom is 0.174 e. The molecule has 0 aliphatic heterocycles. The maximum atomic E-state index is 12.3. The fourth-order valence-electron chi connectivity index (χ4n) is 1.83. The minimum Gasteiger partial charge on any atom is -0.293 e. The molecule has 0 aromatic heterocycles. The number of carbonyl (C=O) groups excluding carboxylic acids is 2. The van der Waals surface area contributed by atoms with Gasteiger partial charge in [-0.2, -0.15) is 0 Å². The van der Waals surface area contributed by atoms with Crippen molar-refractivity contribution in [3.05, 3.63) is 77.9 Å². The largest absolute Gasteiger partial charge is 0.293 e. The third-order valence-electron chi connectivity index (χ3n) is 2.73. The van der Waals surface area contributed by atoms with Gasteiger partial charge in [0.05, 0.1) is 5.92 Å². The fraction of sp³-hybridized carbons (Fsp3) is 0.0625. The van der Waals surface area contributed by atoms with E-state index in [0.717, 1.165) is 5.56 Å². The normalized spacial score (nSPS) is 11.3. The molecule has 0 radical (unpaired) electrons. The molecule has 0 N–H and O–H groups in total. The molecular formula is C16H12O2. The highest BCUT2D eigenvalue weighted by Crippen LogP contribution is 2.21. The molecule has 1 atom stereocenters. The highest BCUT2D eigenvalue weighted by atomic mass is 16.1. The van der Waals surface area contributed by atoms with Crippen LogP contribution in [0.4, 0.5) is 0 Å². The number of hydrogen-bond donors (Lipinski definition) is 0. The molecule has 1 unspecified atom stereocenters. The van der Waals surface area contributed by atoms with Crippen molar-refractivity contribution in [2.75, 3.05) is 0 Å². The topological polar surface area (TPSA) is 34.1 Å². The molecule has 0 amide bonds. The van der Waals surface area contributed by atoms with Gasteiger partial charge in [0.1, 0.15) is 5.94 Å². The molecular weight excluding hydrogens is 224 g/mol. The highest BCUT2D eigenvalue weighted by Gasteiger charge is 2.19. The first-order chi connectivity index (χ1) is 8.83. The van der Waals surface area contributed by atoms with E-state index in [9.17, 15) is 9.59 Å². The van der Waals surface area contributed by atoms with E-state index in [1.807, 2.05) is 36.4 Å². The van der Waals surface area contributed by atoms with Crippen molar-refractivity contribution in [1.29, 1.82) is 0 Å². The lowest BCUT2D eigenvalue weighted by molar-refractivity contribution is 0.0976. The average Bonchev–Trinajstić information content (AvgIpc) is 2.46. The molecule has 0 saturated carbocycles. The third-order valence-corrected chi connectivity index (χ3v) is 2.73. The van der Waals surface area contributed by atoms with E-state index in [4.69, 9.17) is 0 Å². The summed E-state index contributed by atoms with van der Waals surface area (Å²) in [5.74, 6) is 1.06. The molecule has 2 aromatic carbocycles. The number of Topliss-reactive ketones (excluding diaryl/α,β-unsaturated/α-hetero) is 1. The molecule has 2 heteroatoms. The first-order valence-electron chi connectivity index (χ1n) is 5.68. The molecule has 0 spiro atoms. The number of benzene rings is 2. The Morgan fingerprint density at radius 1 is 0.944 bits per heavy atom. The SMILES string of the molecule is O=C=CC(C(=O)c1ccccc1)c1ccccc1. The predicted molar refractivity (Wildman–Crippen MR) is 70.2 cm³/mol. The molecule has 0 fully saturated rings. The molecule has 2 rings (SSSR count). The average molecular weight is 236 g/mol. The van der Waals surface area contributed by atoms with Crippen LogP contribution in [0.15, 0.2) is 66.7 Å². The van der Waals surface area contributed by atoms with Gasteiger partial charge in [-0.3, -0.25) is 4.79 Å². The van der Waals surface area contributed by atoms with Crippen molar-refractivity contribution in [3.63, 3.8) is 0 Å². The van der Waals surface area contributed by atoms with Gasteiger partial charge in [0.15, 0.2) is 5.78 Å². The molecule has 18 heavy (non-hydrogen) atoms. The van der Waals surface area contributed by atoms with E-state index in [1.165, 1.54) is 6.08 Å². The van der Waals surface area contributed by atoms with Gasteiger partial charge in [0.2, 0.25) is 0 Å². The van der Waals surface area contributed by atoms with E-state index in [2.05, 4.69) is 0 Å². The summed E-state index contributed by atoms with van der Waals surface area (Å²) in [6.45, 7) is 0. The second kappa shape index (κ2) is 5.76. The maximum absolute atomic E-state index is 12.3. The molecule has 0 saturated heterocycles. The Bertz CT molecular complexity index is 567. The Morgan fingerprint density at radius 2 is 1.50 bits per heavy atom. The zero-order valence-corrected chi connectivity index (χ0v) is 9.74. The fourth-order valence-corrected chi connectivity index (χ4v) is 1.83. The van der Waals surface area contributed by atoms with Crippen LogP contribution in [0, 0.1) is 0 Å². The summed E-state index contributed by atoms with van der Waals surface area (Å²) in [6.07, 6.45) is 1.27. The molecule has 0 heterocycles. The van der Waals surface area contributed by atoms with Crippen LogP contribution in [0.5, 0.6) is 0 Å². The second-order valence-corrected chi connectivity index (χ2v) is 3.90. The summed E-state index contributed by atoms with van der Waals surface area (Å²) >= 11 is 0. The summed E-state index contributed by atoms with van der Waals surface area (Å²) in [5, 5.41) is 0. The van der Waals surface area contributed by atoms with E-state index < -0.39 is 5.92 Å². The summed E-state index contributed by atoms with van der Waals surface area (Å²) in [5.41, 5.74) is 1.40. The summed E-state index contributed by atoms with van der Waals surface area (Å²) in [7, 11) is 0. The number of carbonyl (C=O) groups is 1. The van der Waals surface area contributed by atoms with Crippen LogP contribution < -0.4 is 0 Å². The first-order valence-corrected chi connectivity index (χ1v) is 5.68. The Morgan fingerprint density at radius 3 is 2.06 bits per heavy atom. The van der Waals surface area contributed by atoms with Gasteiger partial charge in [-0.25, -0.2) is 4.79 Å². The van der Waals surface area contributed by atoms with Crippen molar-refractivity contribution < 1.29 is 9.59 Å². The summed E-state index contributed by atoms with van der Waals surface area (Å²) in [4.78, 5) is 22.9. The van der Waals surface area contributed by atoms with E-state index in [0.29, 0.717) is 5.56 Å². The quantitative estimate of drug-likeness (QED) is 0.604. The van der Waals surface area contributed by atoms with Gasteiger partial charge in [0, 0.05) is 11.6 Å². The number of ketones is 1. The third kappa shape index (κ3) is 2.62. The summed E-state index contributed by atoms with van der Waals surface area (Å²) < 4.78 is 0. The van der Waals surface area contributed by atoms with E-state index >= 15 is 0 Å². The predicted octanol–water partition coefficient (Wildman–Crippen LogP) is 3.04. The Labute approximate surface area is 106 Å².